The zero-order valence-electron chi connectivity index (χ0n) is 11.7. The van der Waals surface area contributed by atoms with E-state index in [4.69, 9.17) is 0 Å². The molecule has 0 saturated carbocycles. The van der Waals surface area contributed by atoms with E-state index < -0.39 is 0 Å². The summed E-state index contributed by atoms with van der Waals surface area (Å²) in [6.45, 7) is 14.5. The quantitative estimate of drug-likeness (QED) is 0.798. The van der Waals surface area contributed by atoms with Gasteiger partial charge in [-0.25, -0.2) is 0 Å². The fourth-order valence-corrected chi connectivity index (χ4v) is 2.35. The SMILES string of the molecule is CC(C)C1CCN(CCC(O)C(C)(C)C)C1. The van der Waals surface area contributed by atoms with Crippen LogP contribution in [0.15, 0.2) is 0 Å². The van der Waals surface area contributed by atoms with Gasteiger partial charge < -0.3 is 10.0 Å². The Labute approximate surface area is 101 Å². The fraction of sp³-hybridized carbons (Fsp3) is 1.00. The van der Waals surface area contributed by atoms with Gasteiger partial charge in [0.15, 0.2) is 0 Å². The third kappa shape index (κ3) is 4.06. The van der Waals surface area contributed by atoms with Crippen molar-refractivity contribution in [1.29, 1.82) is 0 Å². The first-order valence-corrected chi connectivity index (χ1v) is 6.71. The largest absolute Gasteiger partial charge is 0.393 e. The summed E-state index contributed by atoms with van der Waals surface area (Å²) in [5, 5.41) is 9.99. The molecule has 0 amide bonds. The summed E-state index contributed by atoms with van der Waals surface area (Å²) in [6.07, 6.45) is 2.07. The average molecular weight is 227 g/mol. The second-order valence-electron chi connectivity index (χ2n) is 6.76. The number of aliphatic hydroxyl groups is 1. The monoisotopic (exact) mass is 227 g/mol. The third-order valence-electron chi connectivity index (χ3n) is 3.97. The van der Waals surface area contributed by atoms with Crippen LogP contribution < -0.4 is 0 Å². The van der Waals surface area contributed by atoms with Crippen molar-refractivity contribution in [2.45, 2.75) is 53.6 Å². The molecular weight excluding hydrogens is 198 g/mol. The van der Waals surface area contributed by atoms with E-state index in [1.54, 1.807) is 0 Å². The highest BCUT2D eigenvalue weighted by Crippen LogP contribution is 2.26. The zero-order chi connectivity index (χ0) is 12.3. The van der Waals surface area contributed by atoms with Gasteiger partial charge in [-0.2, -0.15) is 0 Å². The second-order valence-corrected chi connectivity index (χ2v) is 6.76. The van der Waals surface area contributed by atoms with E-state index in [1.165, 1.54) is 19.5 Å². The van der Waals surface area contributed by atoms with Crippen molar-refractivity contribution in [1.82, 2.24) is 4.90 Å². The molecule has 16 heavy (non-hydrogen) atoms. The minimum absolute atomic E-state index is 0.0250. The van der Waals surface area contributed by atoms with Crippen LogP contribution in [-0.2, 0) is 0 Å². The predicted octanol–water partition coefficient (Wildman–Crippen LogP) is 2.76. The molecule has 1 aliphatic rings. The standard InChI is InChI=1S/C14H29NO/c1-11(2)12-6-8-15(10-12)9-7-13(16)14(3,4)5/h11-13,16H,6-10H2,1-5H3. The lowest BCUT2D eigenvalue weighted by molar-refractivity contribution is 0.0473. The topological polar surface area (TPSA) is 23.5 Å². The minimum Gasteiger partial charge on any atom is -0.393 e. The van der Waals surface area contributed by atoms with Crippen LogP contribution >= 0.6 is 0 Å². The Balaban J connectivity index is 2.25. The number of aliphatic hydroxyl groups excluding tert-OH is 1. The van der Waals surface area contributed by atoms with Gasteiger partial charge >= 0.3 is 0 Å². The molecule has 0 aromatic heterocycles. The smallest absolute Gasteiger partial charge is 0.0600 e. The van der Waals surface area contributed by atoms with E-state index in [0.717, 1.165) is 24.8 Å². The Morgan fingerprint density at radius 3 is 2.38 bits per heavy atom. The molecule has 1 saturated heterocycles. The van der Waals surface area contributed by atoms with Crippen LogP contribution in [0, 0.1) is 17.3 Å². The molecule has 96 valence electrons. The highest BCUT2D eigenvalue weighted by atomic mass is 16.3. The van der Waals surface area contributed by atoms with Crippen molar-refractivity contribution < 1.29 is 5.11 Å². The molecule has 1 rings (SSSR count). The fourth-order valence-electron chi connectivity index (χ4n) is 2.35. The molecule has 1 N–H and O–H groups in total. The maximum Gasteiger partial charge on any atom is 0.0600 e. The number of hydrogen-bond acceptors (Lipinski definition) is 2. The van der Waals surface area contributed by atoms with Crippen LogP contribution in [0.2, 0.25) is 0 Å². The Bertz CT molecular complexity index is 207. The van der Waals surface area contributed by atoms with Gasteiger partial charge in [0.1, 0.15) is 0 Å². The zero-order valence-corrected chi connectivity index (χ0v) is 11.7. The number of nitrogens with zero attached hydrogens (tertiary/aromatic N) is 1. The molecule has 0 spiro atoms. The van der Waals surface area contributed by atoms with E-state index >= 15 is 0 Å². The molecule has 1 heterocycles. The molecule has 0 aromatic carbocycles. The Morgan fingerprint density at radius 2 is 1.94 bits per heavy atom. The molecule has 0 aromatic rings. The minimum atomic E-state index is -0.175. The van der Waals surface area contributed by atoms with E-state index in [2.05, 4.69) is 39.5 Å². The summed E-state index contributed by atoms with van der Waals surface area (Å²) in [6, 6.07) is 0. The van der Waals surface area contributed by atoms with Gasteiger partial charge in [-0.05, 0) is 36.6 Å². The second kappa shape index (κ2) is 5.50. The first-order valence-electron chi connectivity index (χ1n) is 6.71. The molecule has 1 fully saturated rings. The Morgan fingerprint density at radius 1 is 1.31 bits per heavy atom. The molecule has 0 radical (unpaired) electrons. The van der Waals surface area contributed by atoms with Crippen LogP contribution in [-0.4, -0.2) is 35.7 Å². The maximum atomic E-state index is 9.99. The summed E-state index contributed by atoms with van der Waals surface area (Å²) in [5.41, 5.74) is 0.0250. The van der Waals surface area contributed by atoms with Gasteiger partial charge in [0.05, 0.1) is 6.10 Å². The molecule has 2 unspecified atom stereocenters. The van der Waals surface area contributed by atoms with Crippen molar-refractivity contribution in [3.05, 3.63) is 0 Å². The van der Waals surface area contributed by atoms with Gasteiger partial charge in [-0.1, -0.05) is 34.6 Å². The van der Waals surface area contributed by atoms with Gasteiger partial charge in [0.25, 0.3) is 0 Å². The van der Waals surface area contributed by atoms with E-state index in [9.17, 15) is 5.11 Å². The Hall–Kier alpha value is -0.0800. The molecule has 2 atom stereocenters. The van der Waals surface area contributed by atoms with Crippen molar-refractivity contribution >= 4 is 0 Å². The van der Waals surface area contributed by atoms with Gasteiger partial charge in [0.2, 0.25) is 0 Å². The first-order chi connectivity index (χ1) is 7.30. The van der Waals surface area contributed by atoms with Crippen molar-refractivity contribution in [2.75, 3.05) is 19.6 Å². The predicted molar refractivity (Wildman–Crippen MR) is 69.5 cm³/mol. The summed E-state index contributed by atoms with van der Waals surface area (Å²) in [4.78, 5) is 2.51. The first kappa shape index (κ1) is 14.0. The summed E-state index contributed by atoms with van der Waals surface area (Å²) < 4.78 is 0. The van der Waals surface area contributed by atoms with Gasteiger partial charge in [0, 0.05) is 13.1 Å². The van der Waals surface area contributed by atoms with Crippen molar-refractivity contribution in [3.63, 3.8) is 0 Å². The summed E-state index contributed by atoms with van der Waals surface area (Å²) in [7, 11) is 0. The molecule has 0 aliphatic carbocycles. The third-order valence-corrected chi connectivity index (χ3v) is 3.97. The van der Waals surface area contributed by atoms with Crippen LogP contribution in [0.25, 0.3) is 0 Å². The number of likely N-dealkylation sites (tertiary alicyclic amines) is 1. The Kier molecular flexibility index (Phi) is 4.81. The lowest BCUT2D eigenvalue weighted by Crippen LogP contribution is -2.32. The van der Waals surface area contributed by atoms with Crippen LogP contribution in [0.5, 0.6) is 0 Å². The highest BCUT2D eigenvalue weighted by molar-refractivity contribution is 4.80. The molecule has 2 heteroatoms. The van der Waals surface area contributed by atoms with Crippen LogP contribution in [0.3, 0.4) is 0 Å². The number of rotatable bonds is 4. The normalized spacial score (nSPS) is 25.3. The van der Waals surface area contributed by atoms with Gasteiger partial charge in [-0.15, -0.1) is 0 Å². The molecular formula is C14H29NO. The van der Waals surface area contributed by atoms with Gasteiger partial charge in [-0.3, -0.25) is 0 Å². The van der Waals surface area contributed by atoms with E-state index in [1.807, 2.05) is 0 Å². The summed E-state index contributed by atoms with van der Waals surface area (Å²) in [5.74, 6) is 1.67. The molecule has 0 bridgehead atoms. The number of hydrogen-bond donors (Lipinski definition) is 1. The van der Waals surface area contributed by atoms with Crippen molar-refractivity contribution in [2.24, 2.45) is 17.3 Å². The maximum absolute atomic E-state index is 9.99. The highest BCUT2D eigenvalue weighted by Gasteiger charge is 2.27. The summed E-state index contributed by atoms with van der Waals surface area (Å²) >= 11 is 0. The molecule has 2 nitrogen and oxygen atoms in total. The van der Waals surface area contributed by atoms with Crippen LogP contribution in [0.1, 0.15) is 47.5 Å². The average Bonchev–Trinajstić information content (AvgIpc) is 2.60. The lowest BCUT2D eigenvalue weighted by Gasteiger charge is -2.27. The van der Waals surface area contributed by atoms with E-state index in [0.29, 0.717) is 0 Å². The van der Waals surface area contributed by atoms with Crippen molar-refractivity contribution in [3.8, 4) is 0 Å². The lowest BCUT2D eigenvalue weighted by atomic mass is 9.87. The van der Waals surface area contributed by atoms with Crippen LogP contribution in [0.4, 0.5) is 0 Å². The molecule has 1 aliphatic heterocycles. The van der Waals surface area contributed by atoms with E-state index in [-0.39, 0.29) is 11.5 Å².